The third-order valence-corrected chi connectivity index (χ3v) is 2.75. The van der Waals surface area contributed by atoms with Gasteiger partial charge in [0.15, 0.2) is 0 Å². The van der Waals surface area contributed by atoms with E-state index in [4.69, 9.17) is 0 Å². The Kier molecular flexibility index (Phi) is 2.21. The molecule has 0 saturated carbocycles. The van der Waals surface area contributed by atoms with E-state index in [-0.39, 0.29) is 11.3 Å². The third kappa shape index (κ3) is 1.39. The molecule has 1 fully saturated rings. The molecule has 11 heavy (non-hydrogen) atoms. The summed E-state index contributed by atoms with van der Waals surface area (Å²) >= 11 is 0. The average Bonchev–Trinajstić information content (AvgIpc) is 2.16. The molecule has 0 aliphatic carbocycles. The first-order valence-electron chi connectivity index (χ1n) is 4.37. The maximum atomic E-state index is 11.3. The van der Waals surface area contributed by atoms with Gasteiger partial charge in [0.1, 0.15) is 0 Å². The maximum absolute atomic E-state index is 11.3. The molecule has 1 unspecified atom stereocenters. The summed E-state index contributed by atoms with van der Waals surface area (Å²) in [5.74, 6) is 0.760. The Labute approximate surface area is 68.4 Å². The number of nitrogens with one attached hydrogen (secondary N) is 1. The molecule has 0 aromatic carbocycles. The fourth-order valence-electron chi connectivity index (χ4n) is 1.70. The van der Waals surface area contributed by atoms with Crippen LogP contribution in [0.15, 0.2) is 0 Å². The van der Waals surface area contributed by atoms with Gasteiger partial charge >= 0.3 is 0 Å². The second kappa shape index (κ2) is 2.84. The van der Waals surface area contributed by atoms with Gasteiger partial charge < -0.3 is 5.32 Å². The second-order valence-corrected chi connectivity index (χ2v) is 3.92. The fraction of sp³-hybridized carbons (Fsp3) is 0.889. The molecule has 64 valence electrons. The molecule has 1 aliphatic heterocycles. The summed E-state index contributed by atoms with van der Waals surface area (Å²) in [7, 11) is 0. The SMILES string of the molecule is CCCC1CNC(=O)C1(C)C. The van der Waals surface area contributed by atoms with Crippen LogP contribution in [-0.4, -0.2) is 12.5 Å². The van der Waals surface area contributed by atoms with Gasteiger partial charge in [-0.05, 0) is 12.3 Å². The van der Waals surface area contributed by atoms with Gasteiger partial charge in [0.2, 0.25) is 5.91 Å². The molecule has 2 heteroatoms. The monoisotopic (exact) mass is 155 g/mol. The van der Waals surface area contributed by atoms with E-state index in [1.165, 1.54) is 6.42 Å². The Balaban J connectivity index is 2.62. The molecule has 1 rings (SSSR count). The Morgan fingerprint density at radius 2 is 2.27 bits per heavy atom. The molecule has 1 N–H and O–H groups in total. The van der Waals surface area contributed by atoms with E-state index in [2.05, 4.69) is 12.2 Å². The standard InChI is InChI=1S/C9H17NO/c1-4-5-7-6-10-8(11)9(7,2)3/h7H,4-6H2,1-3H3,(H,10,11). The second-order valence-electron chi connectivity index (χ2n) is 3.92. The van der Waals surface area contributed by atoms with Crippen LogP contribution in [0.2, 0.25) is 0 Å². The van der Waals surface area contributed by atoms with E-state index in [1.54, 1.807) is 0 Å². The molecule has 0 aromatic rings. The van der Waals surface area contributed by atoms with Crippen molar-refractivity contribution >= 4 is 5.91 Å². The van der Waals surface area contributed by atoms with E-state index in [9.17, 15) is 4.79 Å². The molecule has 1 saturated heterocycles. The molecule has 0 radical (unpaired) electrons. The average molecular weight is 155 g/mol. The van der Waals surface area contributed by atoms with Crippen LogP contribution >= 0.6 is 0 Å². The van der Waals surface area contributed by atoms with Crippen LogP contribution < -0.4 is 5.32 Å². The minimum Gasteiger partial charge on any atom is -0.355 e. The molecule has 1 amide bonds. The highest BCUT2D eigenvalue weighted by Crippen LogP contribution is 2.34. The topological polar surface area (TPSA) is 29.1 Å². The largest absolute Gasteiger partial charge is 0.355 e. The quantitative estimate of drug-likeness (QED) is 0.644. The van der Waals surface area contributed by atoms with E-state index in [1.807, 2.05) is 13.8 Å². The first kappa shape index (κ1) is 8.57. The van der Waals surface area contributed by atoms with Gasteiger partial charge in [0.05, 0.1) is 0 Å². The van der Waals surface area contributed by atoms with Crippen molar-refractivity contribution < 1.29 is 4.79 Å². The van der Waals surface area contributed by atoms with Crippen molar-refractivity contribution in [3.05, 3.63) is 0 Å². The van der Waals surface area contributed by atoms with Crippen molar-refractivity contribution in [1.29, 1.82) is 0 Å². The van der Waals surface area contributed by atoms with Gasteiger partial charge in [0, 0.05) is 12.0 Å². The molecular formula is C9H17NO. The van der Waals surface area contributed by atoms with Gasteiger partial charge in [-0.25, -0.2) is 0 Å². The molecule has 1 heterocycles. The summed E-state index contributed by atoms with van der Waals surface area (Å²) < 4.78 is 0. The Hall–Kier alpha value is -0.530. The predicted octanol–water partition coefficient (Wildman–Crippen LogP) is 1.56. The van der Waals surface area contributed by atoms with Crippen molar-refractivity contribution in [1.82, 2.24) is 5.32 Å². The predicted molar refractivity (Wildman–Crippen MR) is 45.2 cm³/mol. The summed E-state index contributed by atoms with van der Waals surface area (Å²) in [6, 6.07) is 0. The highest BCUT2D eigenvalue weighted by atomic mass is 16.2. The molecule has 0 aromatic heterocycles. The lowest BCUT2D eigenvalue weighted by Crippen LogP contribution is -2.28. The van der Waals surface area contributed by atoms with Crippen LogP contribution in [0.4, 0.5) is 0 Å². The number of amides is 1. The Bertz CT molecular complexity index is 163. The van der Waals surface area contributed by atoms with Crippen molar-refractivity contribution in [2.75, 3.05) is 6.54 Å². The third-order valence-electron chi connectivity index (χ3n) is 2.75. The van der Waals surface area contributed by atoms with Crippen LogP contribution in [0.3, 0.4) is 0 Å². The van der Waals surface area contributed by atoms with Crippen LogP contribution in [0.5, 0.6) is 0 Å². The van der Waals surface area contributed by atoms with E-state index in [0.717, 1.165) is 13.0 Å². The van der Waals surface area contributed by atoms with Crippen LogP contribution in [0.25, 0.3) is 0 Å². The summed E-state index contributed by atoms with van der Waals surface area (Å²) in [5, 5.41) is 2.91. The zero-order valence-corrected chi connectivity index (χ0v) is 7.61. The molecule has 0 spiro atoms. The highest BCUT2D eigenvalue weighted by molar-refractivity contribution is 5.84. The number of rotatable bonds is 2. The van der Waals surface area contributed by atoms with E-state index >= 15 is 0 Å². The van der Waals surface area contributed by atoms with Gasteiger partial charge in [-0.3, -0.25) is 4.79 Å². The minimum atomic E-state index is -0.129. The first-order valence-corrected chi connectivity index (χ1v) is 4.37. The normalized spacial score (nSPS) is 28.6. The minimum absolute atomic E-state index is 0.129. The Morgan fingerprint density at radius 1 is 1.64 bits per heavy atom. The molecule has 2 nitrogen and oxygen atoms in total. The van der Waals surface area contributed by atoms with Gasteiger partial charge in [-0.15, -0.1) is 0 Å². The summed E-state index contributed by atoms with van der Waals surface area (Å²) in [5.41, 5.74) is -0.129. The van der Waals surface area contributed by atoms with Crippen LogP contribution in [-0.2, 0) is 4.79 Å². The van der Waals surface area contributed by atoms with Crippen LogP contribution in [0.1, 0.15) is 33.6 Å². The van der Waals surface area contributed by atoms with Crippen molar-refractivity contribution in [3.8, 4) is 0 Å². The Morgan fingerprint density at radius 3 is 2.64 bits per heavy atom. The molecule has 1 atom stereocenters. The van der Waals surface area contributed by atoms with Gasteiger partial charge in [-0.2, -0.15) is 0 Å². The van der Waals surface area contributed by atoms with E-state index in [0.29, 0.717) is 5.92 Å². The zero-order chi connectivity index (χ0) is 8.48. The lowest BCUT2D eigenvalue weighted by molar-refractivity contribution is -0.127. The number of hydrogen-bond acceptors (Lipinski definition) is 1. The van der Waals surface area contributed by atoms with Crippen molar-refractivity contribution in [2.45, 2.75) is 33.6 Å². The maximum Gasteiger partial charge on any atom is 0.226 e. The molecule has 0 bridgehead atoms. The number of carbonyl (C=O) groups is 1. The highest BCUT2D eigenvalue weighted by Gasteiger charge is 2.41. The fourth-order valence-corrected chi connectivity index (χ4v) is 1.70. The number of carbonyl (C=O) groups excluding carboxylic acids is 1. The summed E-state index contributed by atoms with van der Waals surface area (Å²) in [6.45, 7) is 7.11. The molecular weight excluding hydrogens is 138 g/mol. The summed E-state index contributed by atoms with van der Waals surface area (Å²) in [4.78, 5) is 11.3. The summed E-state index contributed by atoms with van der Waals surface area (Å²) in [6.07, 6.45) is 2.33. The smallest absolute Gasteiger partial charge is 0.226 e. The lowest BCUT2D eigenvalue weighted by atomic mass is 9.79. The van der Waals surface area contributed by atoms with Gasteiger partial charge in [-0.1, -0.05) is 27.2 Å². The lowest BCUT2D eigenvalue weighted by Gasteiger charge is -2.22. The van der Waals surface area contributed by atoms with Gasteiger partial charge in [0.25, 0.3) is 0 Å². The number of hydrogen-bond donors (Lipinski definition) is 1. The molecule has 1 aliphatic rings. The van der Waals surface area contributed by atoms with E-state index < -0.39 is 0 Å². The van der Waals surface area contributed by atoms with Crippen LogP contribution in [0, 0.1) is 11.3 Å². The zero-order valence-electron chi connectivity index (χ0n) is 7.61. The van der Waals surface area contributed by atoms with Crippen molar-refractivity contribution in [2.24, 2.45) is 11.3 Å². The first-order chi connectivity index (χ1) is 5.09. The van der Waals surface area contributed by atoms with Crippen molar-refractivity contribution in [3.63, 3.8) is 0 Å².